The molecular formula is C27H22I2NOP. The fourth-order valence-corrected chi connectivity index (χ4v) is 9.19. The first kappa shape index (κ1) is 24.6. The molecule has 0 bridgehead atoms. The van der Waals surface area contributed by atoms with Crippen LogP contribution in [0.15, 0.2) is 131 Å². The Labute approximate surface area is 220 Å². The van der Waals surface area contributed by atoms with Crippen molar-refractivity contribution < 1.29 is 28.8 Å². The molecule has 1 N–H and O–H groups in total. The molecule has 0 aliphatic rings. The van der Waals surface area contributed by atoms with E-state index in [9.17, 15) is 4.79 Å². The number of halogens is 2. The summed E-state index contributed by atoms with van der Waals surface area (Å²) >= 11 is 2.26. The molecule has 2 nitrogen and oxygen atoms in total. The molecule has 0 heterocycles. The first-order valence-corrected chi connectivity index (χ1v) is 13.0. The third-order valence-corrected chi connectivity index (χ3v) is 10.5. The number of carbonyl (C=O) groups is 1. The van der Waals surface area contributed by atoms with Gasteiger partial charge in [-0.25, -0.2) is 0 Å². The highest BCUT2D eigenvalue weighted by Gasteiger charge is 2.50. The van der Waals surface area contributed by atoms with Crippen LogP contribution in [0.1, 0.15) is 10.4 Å². The number of nitrogens with one attached hydrogen (secondary N) is 1. The van der Waals surface area contributed by atoms with Gasteiger partial charge in [-0.3, -0.25) is 10.1 Å². The van der Waals surface area contributed by atoms with Crippen molar-refractivity contribution in [2.45, 2.75) is 0 Å². The van der Waals surface area contributed by atoms with Crippen LogP contribution in [-0.4, -0.2) is 5.91 Å². The fourth-order valence-electron chi connectivity index (χ4n) is 3.78. The molecule has 1 amide bonds. The monoisotopic (exact) mass is 661 g/mol. The second-order valence-electron chi connectivity index (χ2n) is 6.99. The van der Waals surface area contributed by atoms with Crippen LogP contribution in [0.4, 0.5) is 0 Å². The number of carbonyl (C=O) groups excluding carboxylic acids is 1. The molecule has 0 saturated carbocycles. The molecular weight excluding hydrogens is 639 g/mol. The van der Waals surface area contributed by atoms with Crippen LogP contribution >= 0.6 is 29.9 Å². The van der Waals surface area contributed by atoms with Gasteiger partial charge in [-0.1, -0.05) is 72.8 Å². The summed E-state index contributed by atoms with van der Waals surface area (Å²) in [5.74, 6) is -0.101. The zero-order valence-electron chi connectivity index (χ0n) is 17.2. The maximum absolute atomic E-state index is 13.2. The number of benzene rings is 4. The van der Waals surface area contributed by atoms with E-state index in [0.29, 0.717) is 5.56 Å². The van der Waals surface area contributed by atoms with E-state index in [1.165, 1.54) is 15.9 Å². The quantitative estimate of drug-likeness (QED) is 0.250. The van der Waals surface area contributed by atoms with Crippen molar-refractivity contribution in [1.82, 2.24) is 5.32 Å². The molecule has 0 aliphatic heterocycles. The molecule has 4 aromatic carbocycles. The summed E-state index contributed by atoms with van der Waals surface area (Å²) in [6.45, 7) is 0. The van der Waals surface area contributed by atoms with E-state index < -0.39 is 7.26 Å². The van der Waals surface area contributed by atoms with Crippen LogP contribution in [-0.2, 0) is 0 Å². The van der Waals surface area contributed by atoms with Gasteiger partial charge in [-0.2, -0.15) is 0 Å². The standard InChI is InChI=1S/C27H21INOP.HI/c28-21-26(29-27(30)22-13-5-1-6-14-22)31(23-15-7-2-8-16-23,24-17-9-3-10-18-24)25-19-11-4-12-20-25;/h1-21H;1H/b26-21+;. The summed E-state index contributed by atoms with van der Waals surface area (Å²) in [7, 11) is -2.32. The third kappa shape index (κ3) is 4.98. The summed E-state index contributed by atoms with van der Waals surface area (Å²) in [6, 6.07) is 40.9. The van der Waals surface area contributed by atoms with E-state index in [1.807, 2.05) is 52.6 Å². The SMILES string of the molecule is O=C(N/C(=C\I)[P+](c1ccccc1)(c1ccccc1)c1ccccc1)c1ccccc1.[I-]. The van der Waals surface area contributed by atoms with Gasteiger partial charge < -0.3 is 24.0 Å². The van der Waals surface area contributed by atoms with Gasteiger partial charge in [0.2, 0.25) is 0 Å². The molecule has 5 heteroatoms. The minimum atomic E-state index is -2.32. The Hall–Kier alpha value is -2.02. The van der Waals surface area contributed by atoms with Gasteiger partial charge in [-0.15, -0.1) is 0 Å². The highest BCUT2D eigenvalue weighted by Crippen LogP contribution is 2.61. The van der Waals surface area contributed by atoms with Crippen LogP contribution in [0.2, 0.25) is 0 Å². The summed E-state index contributed by atoms with van der Waals surface area (Å²) in [6.07, 6.45) is 0. The average molecular weight is 661 g/mol. The zero-order valence-corrected chi connectivity index (χ0v) is 22.4. The zero-order chi connectivity index (χ0) is 21.5. The van der Waals surface area contributed by atoms with Crippen molar-refractivity contribution in [2.24, 2.45) is 0 Å². The molecule has 32 heavy (non-hydrogen) atoms. The van der Waals surface area contributed by atoms with E-state index in [0.717, 1.165) is 5.44 Å². The Morgan fingerprint density at radius 1 is 0.625 bits per heavy atom. The first-order valence-electron chi connectivity index (χ1n) is 10.00. The first-order chi connectivity index (χ1) is 15.3. The van der Waals surface area contributed by atoms with Crippen molar-refractivity contribution in [2.75, 3.05) is 0 Å². The highest BCUT2D eigenvalue weighted by atomic mass is 127. The van der Waals surface area contributed by atoms with E-state index in [2.05, 4.69) is 101 Å². The Morgan fingerprint density at radius 2 is 0.969 bits per heavy atom. The van der Waals surface area contributed by atoms with Gasteiger partial charge in [0, 0.05) is 9.65 Å². The summed E-state index contributed by atoms with van der Waals surface area (Å²) in [5, 5.41) is 6.88. The predicted octanol–water partition coefficient (Wildman–Crippen LogP) is 2.65. The Morgan fingerprint density at radius 3 is 1.31 bits per heavy atom. The maximum atomic E-state index is 13.2. The summed E-state index contributed by atoms with van der Waals surface area (Å²) < 4.78 is 2.03. The molecule has 4 aromatic rings. The number of amides is 1. The fraction of sp³-hybridized carbons (Fsp3) is 0. The lowest BCUT2D eigenvalue weighted by molar-refractivity contribution is -0.0000141. The third-order valence-electron chi connectivity index (χ3n) is 5.17. The lowest BCUT2D eigenvalue weighted by Gasteiger charge is -2.29. The molecule has 0 aliphatic carbocycles. The lowest BCUT2D eigenvalue weighted by Crippen LogP contribution is -3.00. The van der Waals surface area contributed by atoms with Gasteiger partial charge in [0.15, 0.2) is 12.7 Å². The molecule has 0 radical (unpaired) electrons. The van der Waals surface area contributed by atoms with Gasteiger partial charge in [-0.05, 0) is 71.1 Å². The van der Waals surface area contributed by atoms with Gasteiger partial charge in [0.1, 0.15) is 15.9 Å². The van der Waals surface area contributed by atoms with Crippen LogP contribution in [0.25, 0.3) is 0 Å². The largest absolute Gasteiger partial charge is 1.00 e. The Balaban J connectivity index is 0.00000289. The Kier molecular flexibility index (Phi) is 9.02. The molecule has 4 rings (SSSR count). The number of hydrogen-bond donors (Lipinski definition) is 1. The number of rotatable bonds is 6. The van der Waals surface area contributed by atoms with Gasteiger partial charge in [0.25, 0.3) is 5.91 Å². The molecule has 0 atom stereocenters. The van der Waals surface area contributed by atoms with E-state index in [1.54, 1.807) is 0 Å². The van der Waals surface area contributed by atoms with Crippen LogP contribution in [0.3, 0.4) is 0 Å². The molecule has 0 saturated heterocycles. The molecule has 0 unspecified atom stereocenters. The average Bonchev–Trinajstić information content (AvgIpc) is 2.86. The summed E-state index contributed by atoms with van der Waals surface area (Å²) in [4.78, 5) is 13.2. The van der Waals surface area contributed by atoms with Crippen LogP contribution < -0.4 is 45.2 Å². The van der Waals surface area contributed by atoms with Crippen LogP contribution in [0, 0.1) is 0 Å². The minimum Gasteiger partial charge on any atom is -1.00 e. The predicted molar refractivity (Wildman–Crippen MR) is 141 cm³/mol. The molecule has 0 fully saturated rings. The van der Waals surface area contributed by atoms with Crippen molar-refractivity contribution in [3.63, 3.8) is 0 Å². The lowest BCUT2D eigenvalue weighted by atomic mass is 10.2. The van der Waals surface area contributed by atoms with Crippen LogP contribution in [0.5, 0.6) is 0 Å². The van der Waals surface area contributed by atoms with Gasteiger partial charge in [0.05, 0.1) is 0 Å². The second-order valence-corrected chi connectivity index (χ2v) is 11.0. The topological polar surface area (TPSA) is 29.1 Å². The van der Waals surface area contributed by atoms with Gasteiger partial charge >= 0.3 is 0 Å². The van der Waals surface area contributed by atoms with E-state index in [4.69, 9.17) is 0 Å². The van der Waals surface area contributed by atoms with E-state index >= 15 is 0 Å². The Bertz CT molecular complexity index is 1070. The summed E-state index contributed by atoms with van der Waals surface area (Å²) in [5.41, 5.74) is 1.57. The van der Waals surface area contributed by atoms with Crippen molar-refractivity contribution in [1.29, 1.82) is 0 Å². The highest BCUT2D eigenvalue weighted by molar-refractivity contribution is 14.1. The van der Waals surface area contributed by atoms with Crippen molar-refractivity contribution >= 4 is 51.7 Å². The molecule has 0 spiro atoms. The smallest absolute Gasteiger partial charge is 0.258 e. The molecule has 0 aromatic heterocycles. The second kappa shape index (κ2) is 11.7. The van der Waals surface area contributed by atoms with Crippen molar-refractivity contribution in [3.05, 3.63) is 136 Å². The van der Waals surface area contributed by atoms with E-state index in [-0.39, 0.29) is 29.9 Å². The maximum Gasteiger partial charge on any atom is 0.258 e. The van der Waals surface area contributed by atoms with Crippen molar-refractivity contribution in [3.8, 4) is 0 Å². The normalized spacial score (nSPS) is 11.3. The number of hydrogen-bond acceptors (Lipinski definition) is 1. The minimum absolute atomic E-state index is 0. The molecule has 160 valence electrons.